The molecular formula is C29H38O11. The monoisotopic (exact) mass is 562 g/mol. The molecule has 11 nitrogen and oxygen atoms in total. The van der Waals surface area contributed by atoms with Crippen molar-refractivity contribution in [3.8, 4) is 0 Å². The topological polar surface area (TPSA) is 157 Å². The zero-order valence-corrected chi connectivity index (χ0v) is 23.1. The van der Waals surface area contributed by atoms with Crippen LogP contribution in [-0.2, 0) is 38.0 Å². The Morgan fingerprint density at radius 3 is 2.50 bits per heavy atom. The molecule has 0 aromatic rings. The van der Waals surface area contributed by atoms with E-state index in [1.54, 1.807) is 26.0 Å². The molecular weight excluding hydrogens is 524 g/mol. The molecule has 4 heterocycles. The summed E-state index contributed by atoms with van der Waals surface area (Å²) in [5.74, 6) is -1.25. The molecule has 2 saturated carbocycles. The molecule has 4 aliphatic heterocycles. The van der Waals surface area contributed by atoms with Crippen molar-refractivity contribution in [3.05, 3.63) is 36.0 Å². The fourth-order valence-corrected chi connectivity index (χ4v) is 7.57. The number of aliphatic hydroxyl groups excluding tert-OH is 3. The third kappa shape index (κ3) is 3.97. The molecule has 0 aromatic carbocycles. The second kappa shape index (κ2) is 9.45. The molecule has 6 rings (SSSR count). The van der Waals surface area contributed by atoms with Crippen molar-refractivity contribution >= 4 is 11.9 Å². The summed E-state index contributed by atoms with van der Waals surface area (Å²) in [5.41, 5.74) is -3.03. The Balaban J connectivity index is 1.39. The molecule has 3 N–H and O–H groups in total. The molecule has 2 aliphatic carbocycles. The molecule has 0 amide bonds. The lowest BCUT2D eigenvalue weighted by atomic mass is 9.49. The van der Waals surface area contributed by atoms with Crippen molar-refractivity contribution < 1.29 is 53.3 Å². The molecule has 220 valence electrons. The first-order valence-corrected chi connectivity index (χ1v) is 13.9. The fraction of sp³-hybridized carbons (Fsp3) is 0.724. The van der Waals surface area contributed by atoms with Crippen LogP contribution in [0.1, 0.15) is 40.5 Å². The molecule has 11 heteroatoms. The van der Waals surface area contributed by atoms with Gasteiger partial charge >= 0.3 is 11.9 Å². The first kappa shape index (κ1) is 28.0. The highest BCUT2D eigenvalue weighted by Crippen LogP contribution is 2.75. The predicted octanol–water partition coefficient (Wildman–Crippen LogP) is 0.496. The van der Waals surface area contributed by atoms with E-state index in [9.17, 15) is 24.9 Å². The Kier molecular flexibility index (Phi) is 6.62. The number of hydrogen-bond donors (Lipinski definition) is 3. The van der Waals surface area contributed by atoms with Gasteiger partial charge in [0.1, 0.15) is 36.1 Å². The number of allylic oxidation sites excluding steroid dienone is 2. The summed E-state index contributed by atoms with van der Waals surface area (Å²) in [5, 5.41) is 31.9. The van der Waals surface area contributed by atoms with Gasteiger partial charge < -0.3 is 43.7 Å². The van der Waals surface area contributed by atoms with E-state index in [-0.39, 0.29) is 25.7 Å². The van der Waals surface area contributed by atoms with Crippen LogP contribution >= 0.6 is 0 Å². The van der Waals surface area contributed by atoms with Gasteiger partial charge in [0.15, 0.2) is 0 Å². The molecule has 2 spiro atoms. The van der Waals surface area contributed by atoms with E-state index >= 15 is 0 Å². The van der Waals surface area contributed by atoms with Crippen molar-refractivity contribution in [1.29, 1.82) is 0 Å². The minimum Gasteiger partial charge on any atom is -0.462 e. The van der Waals surface area contributed by atoms with Crippen molar-refractivity contribution in [1.82, 2.24) is 0 Å². The molecule has 0 radical (unpaired) electrons. The number of aliphatic hydroxyl groups is 3. The van der Waals surface area contributed by atoms with Gasteiger partial charge in [-0.05, 0) is 32.8 Å². The maximum atomic E-state index is 13.1. The highest BCUT2D eigenvalue weighted by atomic mass is 16.7. The van der Waals surface area contributed by atoms with Crippen LogP contribution in [0.5, 0.6) is 0 Å². The van der Waals surface area contributed by atoms with E-state index in [1.807, 2.05) is 13.8 Å². The average molecular weight is 563 g/mol. The van der Waals surface area contributed by atoms with E-state index in [0.717, 1.165) is 0 Å². The normalized spacial score (nSPS) is 51.8. The summed E-state index contributed by atoms with van der Waals surface area (Å²) < 4.78 is 36.3. The Bertz CT molecular complexity index is 1160. The maximum Gasteiger partial charge on any atom is 0.331 e. The van der Waals surface area contributed by atoms with Crippen molar-refractivity contribution in [2.45, 2.75) is 101 Å². The van der Waals surface area contributed by atoms with Crippen LogP contribution in [0, 0.1) is 10.8 Å². The highest BCUT2D eigenvalue weighted by Gasteiger charge is 2.87. The number of fused-ring (bicyclic) bond motifs is 2. The number of esters is 2. The van der Waals surface area contributed by atoms with E-state index in [1.165, 1.54) is 18.2 Å². The van der Waals surface area contributed by atoms with Gasteiger partial charge in [-0.1, -0.05) is 25.2 Å². The SMILES string of the molecule is CC1=CC(=O)OCC23CC(O)C4(C)OC4C2OC2CC(OC(=O)C=C/C=C/C(C(C)O)OCC1O)C3(C)C21CO1. The van der Waals surface area contributed by atoms with Gasteiger partial charge in [-0.25, -0.2) is 9.59 Å². The zero-order valence-electron chi connectivity index (χ0n) is 23.1. The third-order valence-corrected chi connectivity index (χ3v) is 10.4. The predicted molar refractivity (Wildman–Crippen MR) is 137 cm³/mol. The fourth-order valence-electron chi connectivity index (χ4n) is 7.57. The number of carbonyl (C=O) groups excluding carboxylic acids is 2. The Labute approximate surface area is 232 Å². The molecule has 0 aromatic heterocycles. The number of ether oxygens (including phenoxy) is 6. The molecule has 12 atom stereocenters. The van der Waals surface area contributed by atoms with Gasteiger partial charge in [-0.3, -0.25) is 0 Å². The van der Waals surface area contributed by atoms with E-state index in [0.29, 0.717) is 18.6 Å². The van der Waals surface area contributed by atoms with Crippen LogP contribution in [0.4, 0.5) is 0 Å². The van der Waals surface area contributed by atoms with Gasteiger partial charge in [0.25, 0.3) is 0 Å². The summed E-state index contributed by atoms with van der Waals surface area (Å²) in [4.78, 5) is 26.1. The van der Waals surface area contributed by atoms with Crippen LogP contribution in [0.15, 0.2) is 36.0 Å². The van der Waals surface area contributed by atoms with Gasteiger partial charge in [-0.15, -0.1) is 0 Å². The standard InChI is InChI=1S/C29H38O11/c1-15-9-23(34)36-13-28-11-19(32)26(3)24(40-26)25(28)39-21-10-20(27(28,4)29(21)14-37-29)38-22(33)8-6-5-7-18(16(2)30)35-12-17(15)31/h5-9,16-21,24-25,30-32H,10-14H2,1-4H3/b7-5+,8-6?,15-9?. The largest absolute Gasteiger partial charge is 0.462 e. The van der Waals surface area contributed by atoms with E-state index < -0.39 is 76.7 Å². The quantitative estimate of drug-likeness (QED) is 0.302. The minimum atomic E-state index is -1.12. The number of rotatable bonds is 1. The van der Waals surface area contributed by atoms with Crippen LogP contribution in [0.3, 0.4) is 0 Å². The number of carbonyl (C=O) groups is 2. The van der Waals surface area contributed by atoms with E-state index in [4.69, 9.17) is 28.4 Å². The van der Waals surface area contributed by atoms with Gasteiger partial charge in [0.2, 0.25) is 0 Å². The number of cyclic esters (lactones) is 1. The summed E-state index contributed by atoms with van der Waals surface area (Å²) in [7, 11) is 0. The molecule has 2 bridgehead atoms. The smallest absolute Gasteiger partial charge is 0.331 e. The molecule has 40 heavy (non-hydrogen) atoms. The Morgan fingerprint density at radius 2 is 1.80 bits per heavy atom. The third-order valence-electron chi connectivity index (χ3n) is 10.4. The minimum absolute atomic E-state index is 0.134. The highest BCUT2D eigenvalue weighted by molar-refractivity contribution is 5.83. The maximum absolute atomic E-state index is 13.1. The number of epoxide rings is 2. The number of hydrogen-bond acceptors (Lipinski definition) is 11. The zero-order chi connectivity index (χ0) is 28.7. The van der Waals surface area contributed by atoms with Gasteiger partial charge in [0.05, 0.1) is 49.1 Å². The summed E-state index contributed by atoms with van der Waals surface area (Å²) in [6, 6.07) is 0. The summed E-state index contributed by atoms with van der Waals surface area (Å²) in [6.07, 6.45) is 2.16. The van der Waals surface area contributed by atoms with E-state index in [2.05, 4.69) is 0 Å². The lowest BCUT2D eigenvalue weighted by Gasteiger charge is -2.59. The summed E-state index contributed by atoms with van der Waals surface area (Å²) >= 11 is 0. The lowest BCUT2D eigenvalue weighted by Crippen LogP contribution is -2.71. The second-order valence-electron chi connectivity index (χ2n) is 12.5. The van der Waals surface area contributed by atoms with Crippen molar-refractivity contribution in [3.63, 3.8) is 0 Å². The Hall–Kier alpha value is -2.12. The molecule has 12 unspecified atom stereocenters. The average Bonchev–Trinajstić information content (AvgIpc) is 3.80. The van der Waals surface area contributed by atoms with Crippen LogP contribution in [-0.4, -0.2) is 107 Å². The van der Waals surface area contributed by atoms with Crippen molar-refractivity contribution in [2.75, 3.05) is 19.8 Å². The lowest BCUT2D eigenvalue weighted by molar-refractivity contribution is -0.259. The van der Waals surface area contributed by atoms with Crippen LogP contribution < -0.4 is 0 Å². The van der Waals surface area contributed by atoms with Gasteiger partial charge in [-0.2, -0.15) is 0 Å². The van der Waals surface area contributed by atoms with Gasteiger partial charge in [0, 0.05) is 24.0 Å². The molecule has 6 aliphatic rings. The molecule has 5 fully saturated rings. The first-order chi connectivity index (χ1) is 18.9. The molecule has 3 saturated heterocycles. The van der Waals surface area contributed by atoms with Crippen LogP contribution in [0.2, 0.25) is 0 Å². The summed E-state index contributed by atoms with van der Waals surface area (Å²) in [6.45, 7) is 7.05. The second-order valence-corrected chi connectivity index (χ2v) is 12.5. The van der Waals surface area contributed by atoms with Crippen LogP contribution in [0.25, 0.3) is 0 Å². The first-order valence-electron chi connectivity index (χ1n) is 13.9. The van der Waals surface area contributed by atoms with Crippen molar-refractivity contribution in [2.24, 2.45) is 10.8 Å². The Morgan fingerprint density at radius 1 is 1.05 bits per heavy atom.